The summed E-state index contributed by atoms with van der Waals surface area (Å²) in [5.41, 5.74) is 2.30. The van der Waals surface area contributed by atoms with Gasteiger partial charge in [0, 0.05) is 13.5 Å². The van der Waals surface area contributed by atoms with E-state index in [2.05, 4.69) is 4.99 Å². The quantitative estimate of drug-likeness (QED) is 0.663. The smallest absolute Gasteiger partial charge is 0.248 e. The minimum atomic E-state index is -0.107. The molecule has 2 aromatic carbocycles. The number of benzene rings is 2. The molecular formula is C19H20N2O2S. The summed E-state index contributed by atoms with van der Waals surface area (Å²) in [6.07, 6.45) is 1.05. The normalized spacial score (nSPS) is 11.8. The number of para-hydroxylation sites is 1. The van der Waals surface area contributed by atoms with E-state index >= 15 is 0 Å². The van der Waals surface area contributed by atoms with Crippen LogP contribution in [0.2, 0.25) is 0 Å². The van der Waals surface area contributed by atoms with Gasteiger partial charge in [0.15, 0.2) is 4.80 Å². The highest BCUT2D eigenvalue weighted by Gasteiger charge is 2.04. The molecule has 0 unspecified atom stereocenters. The van der Waals surface area contributed by atoms with E-state index in [1.165, 1.54) is 16.9 Å². The van der Waals surface area contributed by atoms with Crippen molar-refractivity contribution in [2.75, 3.05) is 6.61 Å². The second-order valence-electron chi connectivity index (χ2n) is 5.68. The minimum absolute atomic E-state index is 0.107. The third-order valence-corrected chi connectivity index (χ3v) is 4.87. The van der Waals surface area contributed by atoms with Gasteiger partial charge in [-0.25, -0.2) is 0 Å². The fraction of sp³-hybridized carbons (Fsp3) is 0.263. The Kier molecular flexibility index (Phi) is 5.11. The van der Waals surface area contributed by atoms with Crippen molar-refractivity contribution in [2.24, 2.45) is 12.0 Å². The second-order valence-corrected chi connectivity index (χ2v) is 6.69. The predicted octanol–water partition coefficient (Wildman–Crippen LogP) is 3.83. The van der Waals surface area contributed by atoms with E-state index in [9.17, 15) is 4.79 Å². The molecule has 3 aromatic rings. The van der Waals surface area contributed by atoms with Gasteiger partial charge >= 0.3 is 0 Å². The van der Waals surface area contributed by atoms with E-state index in [1.54, 1.807) is 0 Å². The van der Waals surface area contributed by atoms with Crippen molar-refractivity contribution in [3.63, 3.8) is 0 Å². The SMILES string of the molecule is Cc1ccc(OCCCC(=O)N=c2sc3ccccc3n2C)cc1. The summed E-state index contributed by atoms with van der Waals surface area (Å²) < 4.78 is 8.73. The Labute approximate surface area is 145 Å². The molecule has 0 saturated carbocycles. The lowest BCUT2D eigenvalue weighted by atomic mass is 10.2. The topological polar surface area (TPSA) is 43.6 Å². The zero-order chi connectivity index (χ0) is 16.9. The number of carbonyl (C=O) groups excluding carboxylic acids is 1. The summed E-state index contributed by atoms with van der Waals surface area (Å²) in [5.74, 6) is 0.727. The van der Waals surface area contributed by atoms with Crippen molar-refractivity contribution in [2.45, 2.75) is 19.8 Å². The van der Waals surface area contributed by atoms with Crippen LogP contribution in [0.3, 0.4) is 0 Å². The zero-order valence-corrected chi connectivity index (χ0v) is 14.7. The number of hydrogen-bond acceptors (Lipinski definition) is 3. The van der Waals surface area contributed by atoms with Gasteiger partial charge in [0.25, 0.3) is 0 Å². The average Bonchev–Trinajstić information content (AvgIpc) is 2.90. The van der Waals surface area contributed by atoms with Gasteiger partial charge in [0.2, 0.25) is 5.91 Å². The maximum Gasteiger partial charge on any atom is 0.248 e. The Hall–Kier alpha value is -2.40. The molecule has 0 saturated heterocycles. The van der Waals surface area contributed by atoms with Crippen LogP contribution in [-0.2, 0) is 11.8 Å². The van der Waals surface area contributed by atoms with Crippen LogP contribution in [0.15, 0.2) is 53.5 Å². The summed E-state index contributed by atoms with van der Waals surface area (Å²) in [4.78, 5) is 17.0. The Bertz CT molecular complexity index is 907. The lowest BCUT2D eigenvalue weighted by Crippen LogP contribution is -2.13. The molecule has 0 aliphatic heterocycles. The molecule has 0 aliphatic rings. The van der Waals surface area contributed by atoms with Crippen molar-refractivity contribution < 1.29 is 9.53 Å². The number of aryl methyl sites for hydroxylation is 2. The highest BCUT2D eigenvalue weighted by atomic mass is 32.1. The van der Waals surface area contributed by atoms with E-state index in [0.29, 0.717) is 19.4 Å². The zero-order valence-electron chi connectivity index (χ0n) is 13.9. The van der Waals surface area contributed by atoms with Gasteiger partial charge in [0.05, 0.1) is 16.8 Å². The van der Waals surface area contributed by atoms with E-state index in [4.69, 9.17) is 4.74 Å². The van der Waals surface area contributed by atoms with Crippen molar-refractivity contribution in [1.29, 1.82) is 0 Å². The molecule has 1 aromatic heterocycles. The van der Waals surface area contributed by atoms with Gasteiger partial charge in [-0.05, 0) is 37.6 Å². The molecule has 0 bridgehead atoms. The summed E-state index contributed by atoms with van der Waals surface area (Å²) in [7, 11) is 1.94. The number of amides is 1. The fourth-order valence-corrected chi connectivity index (χ4v) is 3.43. The Balaban J connectivity index is 1.56. The predicted molar refractivity (Wildman–Crippen MR) is 97.3 cm³/mol. The molecule has 0 aliphatic carbocycles. The van der Waals surface area contributed by atoms with Gasteiger partial charge < -0.3 is 9.30 Å². The first kappa shape index (κ1) is 16.5. The highest BCUT2D eigenvalue weighted by Crippen LogP contribution is 2.15. The maximum atomic E-state index is 12.1. The molecule has 3 rings (SSSR count). The maximum absolute atomic E-state index is 12.1. The molecule has 124 valence electrons. The van der Waals surface area contributed by atoms with E-state index < -0.39 is 0 Å². The molecule has 0 N–H and O–H groups in total. The van der Waals surface area contributed by atoms with Crippen LogP contribution in [0.4, 0.5) is 0 Å². The summed E-state index contributed by atoms with van der Waals surface area (Å²) >= 11 is 1.53. The van der Waals surface area contributed by atoms with Gasteiger partial charge in [-0.15, -0.1) is 0 Å². The van der Waals surface area contributed by atoms with Crippen LogP contribution in [0.1, 0.15) is 18.4 Å². The van der Waals surface area contributed by atoms with Gasteiger partial charge in [-0.2, -0.15) is 4.99 Å². The number of nitrogens with zero attached hydrogens (tertiary/aromatic N) is 2. The number of aromatic nitrogens is 1. The van der Waals surface area contributed by atoms with Crippen LogP contribution in [0.25, 0.3) is 10.2 Å². The number of hydrogen-bond donors (Lipinski definition) is 0. The molecule has 1 amide bonds. The Morgan fingerprint density at radius 3 is 2.67 bits per heavy atom. The molecule has 24 heavy (non-hydrogen) atoms. The summed E-state index contributed by atoms with van der Waals surface area (Å²) in [6, 6.07) is 16.0. The molecule has 0 fully saturated rings. The van der Waals surface area contributed by atoms with Crippen molar-refractivity contribution >= 4 is 27.5 Å². The molecule has 5 heteroatoms. The fourth-order valence-electron chi connectivity index (χ4n) is 2.40. The van der Waals surface area contributed by atoms with Crippen LogP contribution in [0.5, 0.6) is 5.75 Å². The van der Waals surface area contributed by atoms with E-state index in [-0.39, 0.29) is 5.91 Å². The van der Waals surface area contributed by atoms with Crippen molar-refractivity contribution in [3.05, 3.63) is 58.9 Å². The Morgan fingerprint density at radius 2 is 1.92 bits per heavy atom. The third kappa shape index (κ3) is 3.92. The second kappa shape index (κ2) is 7.45. The van der Waals surface area contributed by atoms with Crippen LogP contribution in [0, 0.1) is 6.92 Å². The summed E-state index contributed by atoms with van der Waals surface area (Å²) in [6.45, 7) is 2.56. The first-order valence-corrected chi connectivity index (χ1v) is 8.77. The first-order valence-electron chi connectivity index (χ1n) is 7.95. The molecule has 0 spiro atoms. The van der Waals surface area contributed by atoms with Gasteiger partial charge in [-0.3, -0.25) is 4.79 Å². The van der Waals surface area contributed by atoms with Crippen molar-refractivity contribution in [3.8, 4) is 5.75 Å². The average molecular weight is 340 g/mol. The van der Waals surface area contributed by atoms with Crippen LogP contribution in [-0.4, -0.2) is 17.1 Å². The number of carbonyl (C=O) groups is 1. The number of rotatable bonds is 5. The third-order valence-electron chi connectivity index (χ3n) is 3.76. The number of thiazole rings is 1. The minimum Gasteiger partial charge on any atom is -0.494 e. The monoisotopic (exact) mass is 340 g/mol. The van der Waals surface area contributed by atoms with Crippen LogP contribution < -0.4 is 9.54 Å². The van der Waals surface area contributed by atoms with E-state index in [1.807, 2.05) is 67.1 Å². The lowest BCUT2D eigenvalue weighted by molar-refractivity contribution is -0.118. The summed E-state index contributed by atoms with van der Waals surface area (Å²) in [5, 5.41) is 0. The molecular weight excluding hydrogens is 320 g/mol. The Morgan fingerprint density at radius 1 is 1.17 bits per heavy atom. The molecule has 4 nitrogen and oxygen atoms in total. The first-order chi connectivity index (χ1) is 11.6. The molecule has 1 heterocycles. The van der Waals surface area contributed by atoms with E-state index in [0.717, 1.165) is 20.8 Å². The number of ether oxygens (including phenoxy) is 1. The van der Waals surface area contributed by atoms with Gasteiger partial charge in [-0.1, -0.05) is 41.2 Å². The van der Waals surface area contributed by atoms with Gasteiger partial charge in [0.1, 0.15) is 5.75 Å². The molecule has 0 atom stereocenters. The van der Waals surface area contributed by atoms with Crippen molar-refractivity contribution in [1.82, 2.24) is 4.57 Å². The largest absolute Gasteiger partial charge is 0.494 e. The highest BCUT2D eigenvalue weighted by molar-refractivity contribution is 7.16. The number of fused-ring (bicyclic) bond motifs is 1. The molecule has 0 radical (unpaired) electrons. The van der Waals surface area contributed by atoms with Crippen LogP contribution >= 0.6 is 11.3 Å². The standard InChI is InChI=1S/C19H20N2O2S/c1-14-9-11-15(12-10-14)23-13-5-8-18(22)20-19-21(2)16-6-3-4-7-17(16)24-19/h3-4,6-7,9-12H,5,8,13H2,1-2H3. The lowest BCUT2D eigenvalue weighted by Gasteiger charge is -2.05.